The molecule has 0 amide bonds. The van der Waals surface area contributed by atoms with Crippen LogP contribution in [0.4, 0.5) is 0 Å². The average Bonchev–Trinajstić information content (AvgIpc) is 2.67. The first-order chi connectivity index (χ1) is 6.72. The predicted octanol–water partition coefficient (Wildman–Crippen LogP) is 2.19. The van der Waals surface area contributed by atoms with Gasteiger partial charge in [-0.3, -0.25) is 4.79 Å². The summed E-state index contributed by atoms with van der Waals surface area (Å²) in [6.07, 6.45) is 4.25. The van der Waals surface area contributed by atoms with Gasteiger partial charge in [-0.15, -0.1) is 0 Å². The van der Waals surface area contributed by atoms with Crippen molar-refractivity contribution in [2.75, 3.05) is 0 Å². The molecule has 14 heavy (non-hydrogen) atoms. The fraction of sp³-hybridized carbons (Fsp3) is 0.417. The van der Waals surface area contributed by atoms with Crippen molar-refractivity contribution >= 4 is 18.4 Å². The highest BCUT2D eigenvalue weighted by Crippen LogP contribution is 2.33. The summed E-state index contributed by atoms with van der Waals surface area (Å²) in [5, 5.41) is 0. The van der Waals surface area contributed by atoms with Gasteiger partial charge in [-0.25, -0.2) is 0 Å². The van der Waals surface area contributed by atoms with E-state index in [0.29, 0.717) is 0 Å². The van der Waals surface area contributed by atoms with E-state index in [1.165, 1.54) is 0 Å². The van der Waals surface area contributed by atoms with Crippen LogP contribution in [0, 0.1) is 0 Å². The van der Waals surface area contributed by atoms with Crippen LogP contribution in [0.2, 0.25) is 0 Å². The fourth-order valence-electron chi connectivity index (χ4n) is 2.07. The Balaban J connectivity index is 2.24. The second kappa shape index (κ2) is 3.77. The summed E-state index contributed by atoms with van der Waals surface area (Å²) in [5.74, 6) is 0.243. The highest BCUT2D eigenvalue weighted by atomic mass is 32.1. The Kier molecular flexibility index (Phi) is 2.64. The maximum Gasteiger partial charge on any atom is 0.217 e. The Morgan fingerprint density at radius 3 is 2.29 bits per heavy atom. The first kappa shape index (κ1) is 9.78. The van der Waals surface area contributed by atoms with Crippen LogP contribution in [0.25, 0.3) is 0 Å². The molecule has 1 aromatic rings. The van der Waals surface area contributed by atoms with E-state index < -0.39 is 0 Å². The molecule has 0 aliphatic heterocycles. The molecule has 0 N–H and O–H groups in total. The van der Waals surface area contributed by atoms with E-state index >= 15 is 0 Å². The quantitative estimate of drug-likeness (QED) is 0.536. The van der Waals surface area contributed by atoms with Crippen molar-refractivity contribution in [1.82, 2.24) is 0 Å². The Morgan fingerprint density at radius 1 is 1.14 bits per heavy atom. The maximum atomic E-state index is 12.1. The Morgan fingerprint density at radius 2 is 1.71 bits per heavy atom. The molecule has 1 fully saturated rings. The highest BCUT2D eigenvalue weighted by Gasteiger charge is 2.43. The third-order valence-corrected chi connectivity index (χ3v) is 3.65. The molecule has 1 nitrogen and oxygen atoms in total. The van der Waals surface area contributed by atoms with E-state index in [9.17, 15) is 4.79 Å². The van der Waals surface area contributed by atoms with Gasteiger partial charge in [0.2, 0.25) is 5.78 Å². The van der Waals surface area contributed by atoms with Crippen molar-refractivity contribution < 1.29 is 4.79 Å². The number of hydrogen-bond acceptors (Lipinski definition) is 1. The zero-order chi connectivity index (χ0) is 10.0. The van der Waals surface area contributed by atoms with Crippen molar-refractivity contribution in [1.29, 1.82) is 0 Å². The van der Waals surface area contributed by atoms with Crippen molar-refractivity contribution in [2.45, 2.75) is 30.4 Å². The van der Waals surface area contributed by atoms with Crippen molar-refractivity contribution in [3.63, 3.8) is 0 Å². The first-order valence-corrected chi connectivity index (χ1v) is 5.57. The molecule has 1 aliphatic rings. The van der Waals surface area contributed by atoms with Gasteiger partial charge in [0, 0.05) is 18.4 Å². The number of ketones is 1. The van der Waals surface area contributed by atoms with Gasteiger partial charge in [0.25, 0.3) is 0 Å². The Bertz CT molecular complexity index is 325. The number of carbonyl (C=O) groups is 1. The van der Waals surface area contributed by atoms with Crippen molar-refractivity contribution in [2.24, 2.45) is 0 Å². The largest absolute Gasteiger partial charge is 0.288 e. The van der Waals surface area contributed by atoms with Crippen LogP contribution in [-0.4, -0.2) is 10.5 Å². The summed E-state index contributed by atoms with van der Waals surface area (Å²) in [4.78, 5) is 12.1. The summed E-state index contributed by atoms with van der Waals surface area (Å²) in [7, 11) is 0. The van der Waals surface area contributed by atoms with Gasteiger partial charge in [0.05, 0.1) is 0 Å². The molecule has 0 bridgehead atoms. The smallest absolute Gasteiger partial charge is 0.217 e. The zero-order valence-corrected chi connectivity index (χ0v) is 9.12. The van der Waals surface area contributed by atoms with Crippen molar-refractivity contribution in [3.05, 3.63) is 35.9 Å². The standard InChI is InChI=1S/C12H14OS/c13-11(10-6-2-1-3-7-10)12(14)8-4-5-9-12/h1-3,6-7,14H,4-5,8-9H2/p+1. The summed E-state index contributed by atoms with van der Waals surface area (Å²) in [6, 6.07) is 9.55. The molecule has 0 spiro atoms. The third kappa shape index (κ3) is 1.71. The van der Waals surface area contributed by atoms with E-state index in [4.69, 9.17) is 0 Å². The SMILES string of the molecule is O=C(c1ccccc1)C1([SH2+])CCCC1. The lowest BCUT2D eigenvalue weighted by atomic mass is 9.95. The van der Waals surface area contributed by atoms with Gasteiger partial charge in [-0.2, -0.15) is 0 Å². The lowest BCUT2D eigenvalue weighted by Gasteiger charge is -2.14. The number of rotatable bonds is 2. The van der Waals surface area contributed by atoms with E-state index in [1.807, 2.05) is 30.3 Å². The summed E-state index contributed by atoms with van der Waals surface area (Å²) in [5.41, 5.74) is 0.824. The zero-order valence-electron chi connectivity index (χ0n) is 8.12. The molecular weight excluding hydrogens is 192 g/mol. The molecule has 0 radical (unpaired) electrons. The fourth-order valence-corrected chi connectivity index (χ4v) is 2.57. The number of benzene rings is 1. The van der Waals surface area contributed by atoms with Gasteiger partial charge in [0.1, 0.15) is 0 Å². The predicted molar refractivity (Wildman–Crippen MR) is 62.1 cm³/mol. The van der Waals surface area contributed by atoms with Crippen LogP contribution in [0.15, 0.2) is 30.3 Å². The first-order valence-electron chi connectivity index (χ1n) is 5.07. The molecule has 0 aromatic heterocycles. The normalized spacial score (nSPS) is 19.5. The molecule has 2 rings (SSSR count). The molecule has 74 valence electrons. The molecule has 1 aliphatic carbocycles. The van der Waals surface area contributed by atoms with E-state index in [1.54, 1.807) is 0 Å². The molecule has 0 unspecified atom stereocenters. The summed E-state index contributed by atoms with van der Waals surface area (Å²) in [6.45, 7) is 0. The highest BCUT2D eigenvalue weighted by molar-refractivity contribution is 7.61. The third-order valence-electron chi connectivity index (χ3n) is 2.93. The molecule has 1 aromatic carbocycles. The van der Waals surface area contributed by atoms with Gasteiger partial charge in [-0.05, 0) is 25.5 Å². The van der Waals surface area contributed by atoms with E-state index in [0.717, 1.165) is 31.2 Å². The van der Waals surface area contributed by atoms with Gasteiger partial charge in [0.15, 0.2) is 4.75 Å². The topological polar surface area (TPSA) is 17.1 Å². The second-order valence-corrected chi connectivity index (χ2v) is 4.94. The maximum absolute atomic E-state index is 12.1. The van der Waals surface area contributed by atoms with Crippen LogP contribution < -0.4 is 0 Å². The van der Waals surface area contributed by atoms with Gasteiger partial charge >= 0.3 is 0 Å². The number of hydrogen-bond donors (Lipinski definition) is 0. The van der Waals surface area contributed by atoms with Crippen LogP contribution in [-0.2, 0) is 12.6 Å². The number of carbonyl (C=O) groups excluding carboxylic acids is 1. The molecule has 0 heterocycles. The van der Waals surface area contributed by atoms with E-state index in [-0.39, 0.29) is 10.5 Å². The molecular formula is C12H15OS+. The molecule has 0 atom stereocenters. The van der Waals surface area contributed by atoms with Crippen LogP contribution in [0.3, 0.4) is 0 Å². The van der Waals surface area contributed by atoms with Crippen LogP contribution in [0.5, 0.6) is 0 Å². The Hall–Kier alpha value is -0.760. The Labute approximate surface area is 89.9 Å². The monoisotopic (exact) mass is 207 g/mol. The minimum Gasteiger partial charge on any atom is -0.288 e. The van der Waals surface area contributed by atoms with Crippen LogP contribution in [0.1, 0.15) is 36.0 Å². The lowest BCUT2D eigenvalue weighted by Crippen LogP contribution is -2.32. The average molecular weight is 207 g/mol. The molecule has 1 saturated carbocycles. The second-order valence-electron chi connectivity index (χ2n) is 3.98. The minimum absolute atomic E-state index is 0.243. The number of Topliss-reactive ketones (excluding diaryl/α,β-unsaturated/α-hetero) is 1. The summed E-state index contributed by atoms with van der Waals surface area (Å²) < 4.78 is -0.276. The molecule has 2 heteroatoms. The van der Waals surface area contributed by atoms with Crippen LogP contribution >= 0.6 is 0 Å². The van der Waals surface area contributed by atoms with Crippen molar-refractivity contribution in [3.8, 4) is 0 Å². The lowest BCUT2D eigenvalue weighted by molar-refractivity contribution is 0.0945. The van der Waals surface area contributed by atoms with Gasteiger partial charge in [-0.1, -0.05) is 30.3 Å². The van der Waals surface area contributed by atoms with E-state index in [2.05, 4.69) is 12.6 Å². The summed E-state index contributed by atoms with van der Waals surface area (Å²) >= 11 is 3.65. The minimum atomic E-state index is -0.276. The van der Waals surface area contributed by atoms with Gasteiger partial charge < -0.3 is 0 Å². The molecule has 0 saturated heterocycles.